The molecule has 0 aliphatic rings. The molecule has 4 rings (SSSR count). The Hall–Kier alpha value is -3.88. The van der Waals surface area contributed by atoms with Crippen molar-refractivity contribution in [1.29, 1.82) is 0 Å². The van der Waals surface area contributed by atoms with Gasteiger partial charge in [-0.25, -0.2) is 13.9 Å². The van der Waals surface area contributed by atoms with E-state index in [0.29, 0.717) is 5.69 Å². The summed E-state index contributed by atoms with van der Waals surface area (Å²) in [6.45, 7) is 0. The zero-order chi connectivity index (χ0) is 18.1. The van der Waals surface area contributed by atoms with E-state index in [2.05, 4.69) is 25.4 Å². The Kier molecular flexibility index (Phi) is 3.73. The van der Waals surface area contributed by atoms with Crippen LogP contribution in [0.1, 0.15) is 10.4 Å². The molecule has 9 heteroatoms. The first-order valence-corrected chi connectivity index (χ1v) is 7.58. The number of pyridine rings is 2. The summed E-state index contributed by atoms with van der Waals surface area (Å²) in [6, 6.07) is 5.43. The molecular weight excluding hydrogens is 337 g/mol. The predicted molar refractivity (Wildman–Crippen MR) is 92.8 cm³/mol. The van der Waals surface area contributed by atoms with Gasteiger partial charge in [0.15, 0.2) is 17.3 Å². The van der Waals surface area contributed by atoms with E-state index in [9.17, 15) is 9.18 Å². The fraction of sp³-hybridized carbons (Fsp3) is 0. The summed E-state index contributed by atoms with van der Waals surface area (Å²) >= 11 is 0. The van der Waals surface area contributed by atoms with Gasteiger partial charge in [-0.15, -0.1) is 5.10 Å². The molecular formula is C17H12FN7O. The summed E-state index contributed by atoms with van der Waals surface area (Å²) in [5.41, 5.74) is 8.09. The lowest BCUT2D eigenvalue weighted by molar-refractivity contribution is 0.102. The van der Waals surface area contributed by atoms with Crippen LogP contribution >= 0.6 is 0 Å². The van der Waals surface area contributed by atoms with Gasteiger partial charge in [0.2, 0.25) is 0 Å². The van der Waals surface area contributed by atoms with Crippen LogP contribution < -0.4 is 11.1 Å². The third kappa shape index (κ3) is 2.71. The molecule has 0 saturated heterocycles. The molecule has 0 aromatic carbocycles. The molecule has 0 spiro atoms. The van der Waals surface area contributed by atoms with E-state index in [1.54, 1.807) is 30.7 Å². The maximum absolute atomic E-state index is 13.3. The lowest BCUT2D eigenvalue weighted by atomic mass is 10.1. The number of hydrogen-bond donors (Lipinski definition) is 2. The molecule has 8 nitrogen and oxygen atoms in total. The van der Waals surface area contributed by atoms with Gasteiger partial charge < -0.3 is 11.1 Å². The Morgan fingerprint density at radius 1 is 1.15 bits per heavy atom. The number of nitrogens with two attached hydrogens (primary N) is 1. The lowest BCUT2D eigenvalue weighted by Crippen LogP contribution is -2.14. The topological polar surface area (TPSA) is 111 Å². The number of rotatable bonds is 3. The number of nitrogens with zero attached hydrogens (tertiary/aromatic N) is 5. The van der Waals surface area contributed by atoms with Crippen molar-refractivity contribution in [2.75, 3.05) is 11.1 Å². The molecule has 3 N–H and O–H groups in total. The Labute approximate surface area is 146 Å². The summed E-state index contributed by atoms with van der Waals surface area (Å²) in [7, 11) is 0. The highest BCUT2D eigenvalue weighted by Crippen LogP contribution is 2.27. The van der Waals surface area contributed by atoms with E-state index in [0.717, 1.165) is 28.0 Å². The van der Waals surface area contributed by atoms with Gasteiger partial charge >= 0.3 is 0 Å². The van der Waals surface area contributed by atoms with Crippen LogP contribution in [0.3, 0.4) is 0 Å². The number of fused-ring (bicyclic) bond motifs is 1. The van der Waals surface area contributed by atoms with Gasteiger partial charge in [-0.3, -0.25) is 14.8 Å². The zero-order valence-corrected chi connectivity index (χ0v) is 13.3. The number of halogens is 1. The normalized spacial score (nSPS) is 10.8. The first-order chi connectivity index (χ1) is 12.6. The van der Waals surface area contributed by atoms with Crippen LogP contribution in [-0.2, 0) is 0 Å². The average Bonchev–Trinajstić information content (AvgIpc) is 2.97. The van der Waals surface area contributed by atoms with E-state index < -0.39 is 11.7 Å². The number of amides is 1. The second-order valence-corrected chi connectivity index (χ2v) is 5.42. The molecule has 1 amide bonds. The molecule has 0 bridgehead atoms. The van der Waals surface area contributed by atoms with Gasteiger partial charge in [0, 0.05) is 29.7 Å². The number of carbonyl (C=O) groups excluding carboxylic acids is 1. The molecule has 4 aromatic rings. The minimum Gasteiger partial charge on any atom is -0.381 e. The van der Waals surface area contributed by atoms with Crippen LogP contribution in [-0.4, -0.2) is 30.5 Å². The van der Waals surface area contributed by atoms with Crippen molar-refractivity contribution >= 4 is 23.1 Å². The SMILES string of the molecule is Nc1nn2cc(F)cnc2c1C(=O)Nc1cnccc1-c1cccnc1. The fourth-order valence-electron chi connectivity index (χ4n) is 2.60. The predicted octanol–water partition coefficient (Wildman–Crippen LogP) is 2.16. The number of nitrogen functional groups attached to an aromatic ring is 1. The second-order valence-electron chi connectivity index (χ2n) is 5.42. The number of anilines is 2. The Bertz CT molecular complexity index is 1110. The lowest BCUT2D eigenvalue weighted by Gasteiger charge is -2.10. The van der Waals surface area contributed by atoms with Gasteiger partial charge in [0.1, 0.15) is 5.56 Å². The van der Waals surface area contributed by atoms with Crippen molar-refractivity contribution < 1.29 is 9.18 Å². The number of hydrogen-bond acceptors (Lipinski definition) is 6. The summed E-state index contributed by atoms with van der Waals surface area (Å²) in [5, 5.41) is 6.69. The number of nitrogens with one attached hydrogen (secondary N) is 1. The van der Waals surface area contributed by atoms with Crippen LogP contribution in [0.15, 0.2) is 55.4 Å². The molecule has 0 aliphatic carbocycles. The first-order valence-electron chi connectivity index (χ1n) is 7.58. The van der Waals surface area contributed by atoms with E-state index >= 15 is 0 Å². The van der Waals surface area contributed by atoms with Gasteiger partial charge in [-0.2, -0.15) is 0 Å². The molecule has 0 unspecified atom stereocenters. The van der Waals surface area contributed by atoms with Crippen LogP contribution in [0, 0.1) is 5.82 Å². The van der Waals surface area contributed by atoms with Crippen molar-refractivity contribution in [2.45, 2.75) is 0 Å². The summed E-state index contributed by atoms with van der Waals surface area (Å²) in [5.74, 6) is -1.15. The first kappa shape index (κ1) is 15.6. The molecule has 0 aliphatic heterocycles. The summed E-state index contributed by atoms with van der Waals surface area (Å²) in [4.78, 5) is 24.8. The molecule has 26 heavy (non-hydrogen) atoms. The van der Waals surface area contributed by atoms with Gasteiger partial charge in [0.25, 0.3) is 5.91 Å². The Morgan fingerprint density at radius 3 is 2.81 bits per heavy atom. The van der Waals surface area contributed by atoms with E-state index in [1.807, 2.05) is 6.07 Å². The van der Waals surface area contributed by atoms with Gasteiger partial charge in [-0.05, 0) is 12.1 Å². The quantitative estimate of drug-likeness (QED) is 0.586. The monoisotopic (exact) mass is 349 g/mol. The van der Waals surface area contributed by atoms with Crippen LogP contribution in [0.25, 0.3) is 16.8 Å². The van der Waals surface area contributed by atoms with Crippen molar-refractivity contribution in [3.05, 3.63) is 66.8 Å². The second kappa shape index (κ2) is 6.20. The van der Waals surface area contributed by atoms with Crippen LogP contribution in [0.5, 0.6) is 0 Å². The van der Waals surface area contributed by atoms with Crippen LogP contribution in [0.2, 0.25) is 0 Å². The molecule has 0 atom stereocenters. The third-order valence-corrected chi connectivity index (χ3v) is 3.74. The Balaban J connectivity index is 1.74. The maximum Gasteiger partial charge on any atom is 0.263 e. The van der Waals surface area contributed by atoms with Gasteiger partial charge in [0.05, 0.1) is 24.3 Å². The maximum atomic E-state index is 13.3. The van der Waals surface area contributed by atoms with Crippen molar-refractivity contribution in [3.8, 4) is 11.1 Å². The molecule has 0 saturated carbocycles. The molecule has 4 heterocycles. The fourth-order valence-corrected chi connectivity index (χ4v) is 2.60. The standard InChI is InChI=1S/C17H12FN7O/c18-11-7-22-16-14(15(19)24-25(16)9-11)17(26)23-13-8-21-5-3-12(13)10-2-1-4-20-6-10/h1-9H,(H2,19,24)(H,23,26). The highest BCUT2D eigenvalue weighted by Gasteiger charge is 2.21. The van der Waals surface area contributed by atoms with Crippen molar-refractivity contribution in [3.63, 3.8) is 0 Å². The number of aromatic nitrogens is 5. The highest BCUT2D eigenvalue weighted by molar-refractivity contribution is 6.12. The molecule has 0 radical (unpaired) electrons. The Morgan fingerprint density at radius 2 is 2.00 bits per heavy atom. The van der Waals surface area contributed by atoms with E-state index in [-0.39, 0.29) is 17.0 Å². The molecule has 4 aromatic heterocycles. The van der Waals surface area contributed by atoms with E-state index in [4.69, 9.17) is 5.73 Å². The third-order valence-electron chi connectivity index (χ3n) is 3.74. The molecule has 0 fully saturated rings. The minimum atomic E-state index is -0.585. The highest BCUT2D eigenvalue weighted by atomic mass is 19.1. The van der Waals surface area contributed by atoms with Crippen molar-refractivity contribution in [2.24, 2.45) is 0 Å². The molecule has 128 valence electrons. The minimum absolute atomic E-state index is 0.0487. The van der Waals surface area contributed by atoms with Gasteiger partial charge in [-0.1, -0.05) is 6.07 Å². The smallest absolute Gasteiger partial charge is 0.263 e. The summed E-state index contributed by atoms with van der Waals surface area (Å²) in [6.07, 6.45) is 8.58. The summed E-state index contributed by atoms with van der Waals surface area (Å²) < 4.78 is 14.4. The van der Waals surface area contributed by atoms with E-state index in [1.165, 1.54) is 6.20 Å². The largest absolute Gasteiger partial charge is 0.381 e. The average molecular weight is 349 g/mol. The van der Waals surface area contributed by atoms with Crippen molar-refractivity contribution in [1.82, 2.24) is 24.6 Å². The zero-order valence-electron chi connectivity index (χ0n) is 13.3. The van der Waals surface area contributed by atoms with Crippen LogP contribution in [0.4, 0.5) is 15.9 Å². The number of carbonyl (C=O) groups is 1.